The topological polar surface area (TPSA) is 81.2 Å². The van der Waals surface area contributed by atoms with Crippen LogP contribution in [0.25, 0.3) is 11.3 Å². The highest BCUT2D eigenvalue weighted by molar-refractivity contribution is 5.92. The van der Waals surface area contributed by atoms with Gasteiger partial charge in [0.2, 0.25) is 5.76 Å². The first kappa shape index (κ1) is 14.3. The highest BCUT2D eigenvalue weighted by atomic mass is 16.5. The average Bonchev–Trinajstić information content (AvgIpc) is 2.85. The van der Waals surface area contributed by atoms with E-state index in [4.69, 9.17) is 10.3 Å². The average molecular weight is 273 g/mol. The zero-order chi connectivity index (χ0) is 14.8. The summed E-state index contributed by atoms with van der Waals surface area (Å²) in [6, 6.07) is 9.49. The number of carbonyl (C=O) groups is 1. The predicted octanol–water partition coefficient (Wildman–Crippen LogP) is 2.12. The molecule has 106 valence electrons. The van der Waals surface area contributed by atoms with E-state index in [9.17, 15) is 4.79 Å². The van der Waals surface area contributed by atoms with E-state index in [0.717, 1.165) is 5.56 Å². The highest BCUT2D eigenvalue weighted by Crippen LogP contribution is 2.19. The van der Waals surface area contributed by atoms with E-state index in [2.05, 4.69) is 10.5 Å². The molecular weight excluding hydrogens is 254 g/mol. The third-order valence-corrected chi connectivity index (χ3v) is 2.79. The molecule has 0 spiro atoms. The molecule has 2 aromatic rings. The van der Waals surface area contributed by atoms with Crippen molar-refractivity contribution in [1.82, 2.24) is 10.5 Å². The minimum absolute atomic E-state index is 0.185. The van der Waals surface area contributed by atoms with Crippen LogP contribution in [-0.2, 0) is 0 Å². The minimum Gasteiger partial charge on any atom is -0.350 e. The first-order valence-corrected chi connectivity index (χ1v) is 6.46. The molecule has 0 saturated heterocycles. The Morgan fingerprint density at radius 3 is 2.60 bits per heavy atom. The van der Waals surface area contributed by atoms with Crippen LogP contribution in [0.5, 0.6) is 0 Å². The number of aromatic nitrogens is 1. The fourth-order valence-corrected chi connectivity index (χ4v) is 1.64. The van der Waals surface area contributed by atoms with Crippen LogP contribution in [0.2, 0.25) is 0 Å². The molecule has 0 aliphatic rings. The molecule has 1 heterocycles. The Labute approximate surface area is 118 Å². The first-order chi connectivity index (χ1) is 9.35. The van der Waals surface area contributed by atoms with Crippen LogP contribution in [-0.4, -0.2) is 23.1 Å². The molecule has 0 fully saturated rings. The van der Waals surface area contributed by atoms with Crippen LogP contribution in [0.4, 0.5) is 0 Å². The molecule has 0 unspecified atom stereocenters. The van der Waals surface area contributed by atoms with Gasteiger partial charge >= 0.3 is 0 Å². The van der Waals surface area contributed by atoms with Gasteiger partial charge < -0.3 is 15.6 Å². The zero-order valence-corrected chi connectivity index (χ0v) is 11.9. The maximum absolute atomic E-state index is 11.9. The summed E-state index contributed by atoms with van der Waals surface area (Å²) in [7, 11) is 0. The largest absolute Gasteiger partial charge is 0.350 e. The molecule has 1 amide bonds. The number of nitrogens with one attached hydrogen (secondary N) is 1. The van der Waals surface area contributed by atoms with Crippen molar-refractivity contribution in [2.75, 3.05) is 6.54 Å². The molecule has 20 heavy (non-hydrogen) atoms. The van der Waals surface area contributed by atoms with Crippen LogP contribution in [0.3, 0.4) is 0 Å². The second kappa shape index (κ2) is 5.46. The summed E-state index contributed by atoms with van der Waals surface area (Å²) in [6.45, 7) is 6.06. The molecular formula is C15H19N3O2. The van der Waals surface area contributed by atoms with E-state index in [0.29, 0.717) is 12.2 Å². The van der Waals surface area contributed by atoms with Gasteiger partial charge in [-0.15, -0.1) is 0 Å². The van der Waals surface area contributed by atoms with Gasteiger partial charge in [-0.2, -0.15) is 0 Å². The highest BCUT2D eigenvalue weighted by Gasteiger charge is 2.17. The second-order valence-corrected chi connectivity index (χ2v) is 5.61. The lowest BCUT2D eigenvalue weighted by atomic mass is 10.1. The number of nitrogens with two attached hydrogens (primary N) is 1. The third kappa shape index (κ3) is 3.68. The van der Waals surface area contributed by atoms with Gasteiger partial charge in [-0.05, 0) is 20.8 Å². The zero-order valence-electron chi connectivity index (χ0n) is 11.9. The van der Waals surface area contributed by atoms with Gasteiger partial charge in [0.1, 0.15) is 5.69 Å². The monoisotopic (exact) mass is 273 g/mol. The van der Waals surface area contributed by atoms with E-state index >= 15 is 0 Å². The lowest BCUT2D eigenvalue weighted by Crippen LogP contribution is -2.45. The Kier molecular flexibility index (Phi) is 3.90. The maximum atomic E-state index is 11.9. The van der Waals surface area contributed by atoms with Gasteiger partial charge in [0.25, 0.3) is 5.91 Å². The molecule has 1 aromatic heterocycles. The Morgan fingerprint density at radius 2 is 2.00 bits per heavy atom. The molecule has 0 atom stereocenters. The molecule has 0 aliphatic carbocycles. The van der Waals surface area contributed by atoms with E-state index in [1.807, 2.05) is 45.0 Å². The Hall–Kier alpha value is -2.14. The van der Waals surface area contributed by atoms with Gasteiger partial charge in [0, 0.05) is 23.7 Å². The molecule has 0 saturated carbocycles. The summed E-state index contributed by atoms with van der Waals surface area (Å²) in [6.07, 6.45) is 0. The maximum Gasteiger partial charge on any atom is 0.289 e. The third-order valence-electron chi connectivity index (χ3n) is 2.79. The van der Waals surface area contributed by atoms with E-state index in [1.54, 1.807) is 6.07 Å². The summed E-state index contributed by atoms with van der Waals surface area (Å²) < 4.78 is 5.07. The van der Waals surface area contributed by atoms with Crippen LogP contribution in [0.1, 0.15) is 30.0 Å². The van der Waals surface area contributed by atoms with Crippen molar-refractivity contribution in [3.05, 3.63) is 41.7 Å². The summed E-state index contributed by atoms with van der Waals surface area (Å²) >= 11 is 0. The minimum atomic E-state index is -0.463. The van der Waals surface area contributed by atoms with Gasteiger partial charge in [-0.1, -0.05) is 35.0 Å². The predicted molar refractivity (Wildman–Crippen MR) is 77.3 cm³/mol. The first-order valence-electron chi connectivity index (χ1n) is 6.46. The molecule has 0 radical (unpaired) electrons. The van der Waals surface area contributed by atoms with Crippen LogP contribution >= 0.6 is 0 Å². The molecule has 2 rings (SSSR count). The van der Waals surface area contributed by atoms with Crippen molar-refractivity contribution in [2.24, 2.45) is 5.73 Å². The van der Waals surface area contributed by atoms with Crippen molar-refractivity contribution in [3.8, 4) is 11.3 Å². The summed E-state index contributed by atoms with van der Waals surface area (Å²) in [5.74, 6) is -0.126. The SMILES string of the molecule is Cc1ccc(-c2cc(C(=O)NCC(C)(C)N)on2)cc1. The summed E-state index contributed by atoms with van der Waals surface area (Å²) in [4.78, 5) is 11.9. The number of hydrogen-bond acceptors (Lipinski definition) is 4. The fraction of sp³-hybridized carbons (Fsp3) is 0.333. The van der Waals surface area contributed by atoms with E-state index in [-0.39, 0.29) is 11.7 Å². The quantitative estimate of drug-likeness (QED) is 0.894. The lowest BCUT2D eigenvalue weighted by Gasteiger charge is -2.18. The van der Waals surface area contributed by atoms with Crippen molar-refractivity contribution in [2.45, 2.75) is 26.3 Å². The number of nitrogens with zero attached hydrogens (tertiary/aromatic N) is 1. The summed E-state index contributed by atoms with van der Waals surface area (Å²) in [5, 5.41) is 6.63. The number of carbonyl (C=O) groups excluding carboxylic acids is 1. The number of benzene rings is 1. The van der Waals surface area contributed by atoms with Crippen molar-refractivity contribution in [1.29, 1.82) is 0 Å². The standard InChI is InChI=1S/C15H19N3O2/c1-10-4-6-11(7-5-10)12-8-13(20-18-12)14(19)17-9-15(2,3)16/h4-8H,9,16H2,1-3H3,(H,17,19). The smallest absolute Gasteiger partial charge is 0.289 e. The van der Waals surface area contributed by atoms with Crippen LogP contribution in [0, 0.1) is 6.92 Å². The Balaban J connectivity index is 2.09. The number of aryl methyl sites for hydroxylation is 1. The lowest BCUT2D eigenvalue weighted by molar-refractivity contribution is 0.0909. The summed E-state index contributed by atoms with van der Waals surface area (Å²) in [5.41, 5.74) is 8.07. The van der Waals surface area contributed by atoms with Crippen molar-refractivity contribution in [3.63, 3.8) is 0 Å². The second-order valence-electron chi connectivity index (χ2n) is 5.61. The molecule has 3 N–H and O–H groups in total. The molecule has 5 heteroatoms. The molecule has 1 aromatic carbocycles. The molecule has 0 bridgehead atoms. The van der Waals surface area contributed by atoms with E-state index in [1.165, 1.54) is 5.56 Å². The molecule has 0 aliphatic heterocycles. The van der Waals surface area contributed by atoms with Gasteiger partial charge in [-0.25, -0.2) is 0 Å². The normalized spacial score (nSPS) is 11.4. The number of amides is 1. The van der Waals surface area contributed by atoms with Gasteiger partial charge in [0.05, 0.1) is 0 Å². The fourth-order valence-electron chi connectivity index (χ4n) is 1.64. The molecule has 5 nitrogen and oxygen atoms in total. The number of rotatable bonds is 4. The Morgan fingerprint density at radius 1 is 1.35 bits per heavy atom. The van der Waals surface area contributed by atoms with Gasteiger partial charge in [0.15, 0.2) is 0 Å². The Bertz CT molecular complexity index is 594. The van der Waals surface area contributed by atoms with Crippen LogP contribution < -0.4 is 11.1 Å². The number of hydrogen-bond donors (Lipinski definition) is 2. The van der Waals surface area contributed by atoms with Crippen molar-refractivity contribution >= 4 is 5.91 Å². The van der Waals surface area contributed by atoms with Gasteiger partial charge in [-0.3, -0.25) is 4.79 Å². The van der Waals surface area contributed by atoms with Crippen LogP contribution in [0.15, 0.2) is 34.9 Å². The van der Waals surface area contributed by atoms with Crippen molar-refractivity contribution < 1.29 is 9.32 Å². The van der Waals surface area contributed by atoms with E-state index < -0.39 is 5.54 Å².